The summed E-state index contributed by atoms with van der Waals surface area (Å²) in [4.78, 5) is 48.1. The average Bonchev–Trinajstić information content (AvgIpc) is 2.49. The molecule has 2 atom stereocenters. The molecule has 2 heterocycles. The Morgan fingerprint density at radius 1 is 1.42 bits per heavy atom. The molecule has 24 heavy (non-hydrogen) atoms. The first-order chi connectivity index (χ1) is 11.1. The number of hydrogen-bond acceptors (Lipinski definition) is 6. The summed E-state index contributed by atoms with van der Waals surface area (Å²) in [5.74, 6) is -0.0895. The molecular weight excluding hydrogens is 403 g/mol. The molecule has 1 N–H and O–H groups in total. The van der Waals surface area contributed by atoms with Gasteiger partial charge < -0.3 is 10.1 Å². The van der Waals surface area contributed by atoms with Crippen LogP contribution in [0.4, 0.5) is 0 Å². The fraction of sp³-hybridized carbons (Fsp3) is 0.462. The predicted molar refractivity (Wildman–Crippen MR) is 89.0 cm³/mol. The highest BCUT2D eigenvalue weighted by atomic mass is 35.6. The summed E-state index contributed by atoms with van der Waals surface area (Å²) in [7, 11) is 0. The van der Waals surface area contributed by atoms with Crippen LogP contribution in [0.25, 0.3) is 0 Å². The van der Waals surface area contributed by atoms with Crippen LogP contribution in [0.3, 0.4) is 0 Å². The molecule has 7 nitrogen and oxygen atoms in total. The van der Waals surface area contributed by atoms with E-state index in [0.717, 1.165) is 16.7 Å². The van der Waals surface area contributed by atoms with Gasteiger partial charge in [0.1, 0.15) is 29.7 Å². The van der Waals surface area contributed by atoms with Crippen molar-refractivity contribution in [3.8, 4) is 0 Å². The quantitative estimate of drug-likeness (QED) is 0.324. The molecule has 2 rings (SSSR count). The van der Waals surface area contributed by atoms with Crippen molar-refractivity contribution in [3.63, 3.8) is 0 Å². The molecule has 0 aromatic rings. The lowest BCUT2D eigenvalue weighted by Gasteiger charge is -2.49. The molecule has 1 unspecified atom stereocenters. The zero-order valence-electron chi connectivity index (χ0n) is 12.4. The van der Waals surface area contributed by atoms with Gasteiger partial charge in [-0.05, 0) is 6.92 Å². The standard InChI is InChI=1S/C13H11Cl3N2O5S/c1-5-7(3-19)24-11-8(17-6(2)20)10(21)18(11)9(5)12(22)23-4-13(14,15)16/h8,11H,4H2,1-2H3,(H,17,20)/t8?,11-/m0/s1. The van der Waals surface area contributed by atoms with Gasteiger partial charge in [0.2, 0.25) is 9.70 Å². The van der Waals surface area contributed by atoms with E-state index in [9.17, 15) is 19.2 Å². The monoisotopic (exact) mass is 412 g/mol. The Morgan fingerprint density at radius 3 is 2.54 bits per heavy atom. The Morgan fingerprint density at radius 2 is 2.04 bits per heavy atom. The van der Waals surface area contributed by atoms with Crippen molar-refractivity contribution in [2.75, 3.05) is 6.61 Å². The van der Waals surface area contributed by atoms with E-state index < -0.39 is 39.6 Å². The molecule has 2 aliphatic rings. The van der Waals surface area contributed by atoms with Crippen LogP contribution in [0, 0.1) is 0 Å². The molecule has 0 spiro atoms. The van der Waals surface area contributed by atoms with Crippen LogP contribution in [0.1, 0.15) is 13.8 Å². The molecule has 0 aliphatic carbocycles. The summed E-state index contributed by atoms with van der Waals surface area (Å²) in [6.07, 6.45) is 0. The van der Waals surface area contributed by atoms with E-state index in [4.69, 9.17) is 39.5 Å². The van der Waals surface area contributed by atoms with E-state index in [1.165, 1.54) is 13.8 Å². The second-order valence-corrected chi connectivity index (χ2v) is 8.63. The largest absolute Gasteiger partial charge is 0.456 e. The van der Waals surface area contributed by atoms with Crippen LogP contribution in [0.5, 0.6) is 0 Å². The van der Waals surface area contributed by atoms with Crippen LogP contribution in [0.15, 0.2) is 16.2 Å². The van der Waals surface area contributed by atoms with Crippen molar-refractivity contribution < 1.29 is 23.9 Å². The number of thioether (sulfide) groups is 1. The molecule has 0 aromatic heterocycles. The Kier molecular flexibility index (Phi) is 5.57. The van der Waals surface area contributed by atoms with E-state index in [0.29, 0.717) is 0 Å². The number of ether oxygens (including phenoxy) is 1. The van der Waals surface area contributed by atoms with Crippen molar-refractivity contribution in [2.24, 2.45) is 0 Å². The highest BCUT2D eigenvalue weighted by Crippen LogP contribution is 2.45. The Balaban J connectivity index is 2.31. The Hall–Kier alpha value is -1.18. The highest BCUT2D eigenvalue weighted by Gasteiger charge is 2.55. The number of halogens is 3. The molecule has 2 aliphatic heterocycles. The number of rotatable bonds is 3. The molecule has 1 fully saturated rings. The van der Waals surface area contributed by atoms with Gasteiger partial charge in [0, 0.05) is 12.5 Å². The molecule has 130 valence electrons. The molecule has 0 saturated carbocycles. The zero-order valence-corrected chi connectivity index (χ0v) is 15.5. The van der Waals surface area contributed by atoms with Gasteiger partial charge in [0.05, 0.1) is 4.91 Å². The van der Waals surface area contributed by atoms with Crippen LogP contribution < -0.4 is 5.32 Å². The van der Waals surface area contributed by atoms with E-state index in [-0.39, 0.29) is 16.2 Å². The highest BCUT2D eigenvalue weighted by molar-refractivity contribution is 8.04. The van der Waals surface area contributed by atoms with E-state index in [1.807, 2.05) is 0 Å². The lowest BCUT2D eigenvalue weighted by atomic mass is 10.0. The summed E-state index contributed by atoms with van der Waals surface area (Å²) in [6.45, 7) is 2.22. The molecule has 0 aromatic carbocycles. The fourth-order valence-electron chi connectivity index (χ4n) is 2.24. The first kappa shape index (κ1) is 19.1. The summed E-state index contributed by atoms with van der Waals surface area (Å²) in [5.41, 5.74) is 0.105. The average molecular weight is 414 g/mol. The maximum absolute atomic E-state index is 12.3. The third-order valence-electron chi connectivity index (χ3n) is 3.23. The molecule has 0 radical (unpaired) electrons. The van der Waals surface area contributed by atoms with Gasteiger partial charge in [-0.25, -0.2) is 9.59 Å². The number of β-lactam (4-membered cyclic amide) rings is 1. The van der Waals surface area contributed by atoms with Crippen LogP contribution >= 0.6 is 46.6 Å². The third kappa shape index (κ3) is 3.73. The Labute approximate surface area is 156 Å². The second kappa shape index (κ2) is 6.98. The van der Waals surface area contributed by atoms with Crippen LogP contribution in [0.2, 0.25) is 0 Å². The Bertz CT molecular complexity index is 696. The topological polar surface area (TPSA) is 92.8 Å². The molecule has 1 saturated heterocycles. The summed E-state index contributed by atoms with van der Waals surface area (Å²) >= 11 is 17.6. The number of nitrogens with one attached hydrogen (secondary N) is 1. The zero-order chi connectivity index (χ0) is 18.2. The maximum Gasteiger partial charge on any atom is 0.355 e. The van der Waals surface area contributed by atoms with Crippen LogP contribution in [-0.2, 0) is 23.9 Å². The number of nitrogens with zero attached hydrogens (tertiary/aromatic N) is 1. The van der Waals surface area contributed by atoms with E-state index >= 15 is 0 Å². The number of allylic oxidation sites excluding steroid dienone is 1. The van der Waals surface area contributed by atoms with Crippen LogP contribution in [-0.4, -0.2) is 50.4 Å². The van der Waals surface area contributed by atoms with Gasteiger partial charge in [-0.1, -0.05) is 46.6 Å². The molecule has 11 heteroatoms. The fourth-order valence-corrected chi connectivity index (χ4v) is 3.60. The number of esters is 1. The van der Waals surface area contributed by atoms with Gasteiger partial charge in [0.25, 0.3) is 5.91 Å². The molecule has 0 bridgehead atoms. The van der Waals surface area contributed by atoms with Gasteiger partial charge >= 0.3 is 5.97 Å². The lowest BCUT2D eigenvalue weighted by molar-refractivity contribution is -0.152. The van der Waals surface area contributed by atoms with E-state index in [2.05, 4.69) is 5.32 Å². The first-order valence-electron chi connectivity index (χ1n) is 6.54. The minimum Gasteiger partial charge on any atom is -0.456 e. The van der Waals surface area contributed by atoms with Crippen molar-refractivity contribution >= 4 is 70.3 Å². The lowest BCUT2D eigenvalue weighted by Crippen LogP contribution is -2.70. The smallest absolute Gasteiger partial charge is 0.355 e. The SMILES string of the molecule is CC(=O)NC1C(=O)N2C(C(=O)OCC(Cl)(Cl)Cl)=C(C)C(=C=O)S[C@@H]12. The number of carbonyl (C=O) groups is 3. The minimum absolute atomic E-state index is 0.127. The minimum atomic E-state index is -1.81. The summed E-state index contributed by atoms with van der Waals surface area (Å²) < 4.78 is 3.09. The normalized spacial score (nSPS) is 23.3. The maximum atomic E-state index is 12.3. The van der Waals surface area contributed by atoms with Crippen molar-refractivity contribution in [2.45, 2.75) is 29.1 Å². The molecular formula is C13H11Cl3N2O5S. The van der Waals surface area contributed by atoms with Crippen molar-refractivity contribution in [3.05, 3.63) is 16.2 Å². The number of alkyl halides is 3. The number of amides is 2. The van der Waals surface area contributed by atoms with Gasteiger partial charge in [-0.3, -0.25) is 14.5 Å². The first-order valence-corrected chi connectivity index (χ1v) is 8.55. The van der Waals surface area contributed by atoms with Gasteiger partial charge in [-0.2, -0.15) is 0 Å². The second-order valence-electron chi connectivity index (χ2n) is 4.99. The number of hydrogen-bond donors (Lipinski definition) is 1. The number of fused-ring (bicyclic) bond motifs is 1. The van der Waals surface area contributed by atoms with Gasteiger partial charge in [0.15, 0.2) is 0 Å². The van der Waals surface area contributed by atoms with Gasteiger partial charge in [-0.15, -0.1) is 0 Å². The summed E-state index contributed by atoms with van der Waals surface area (Å²) in [6, 6.07) is -0.847. The number of carbonyl (C=O) groups excluding carboxylic acids is 4. The third-order valence-corrected chi connectivity index (χ3v) is 4.91. The predicted octanol–water partition coefficient (Wildman–Crippen LogP) is 1.31. The van der Waals surface area contributed by atoms with Crippen molar-refractivity contribution in [1.29, 1.82) is 0 Å². The molecule has 2 amide bonds. The van der Waals surface area contributed by atoms with E-state index in [1.54, 1.807) is 5.94 Å². The summed E-state index contributed by atoms with van der Waals surface area (Å²) in [5, 5.41) is 1.83. The van der Waals surface area contributed by atoms with Crippen molar-refractivity contribution in [1.82, 2.24) is 10.2 Å².